The third kappa shape index (κ3) is 52.6. The summed E-state index contributed by atoms with van der Waals surface area (Å²) in [7, 11) is 1.49. The van der Waals surface area contributed by atoms with Gasteiger partial charge in [-0.15, -0.1) is 0 Å². The van der Waals surface area contributed by atoms with Gasteiger partial charge in [0.2, 0.25) is 5.91 Å². The molecule has 2 N–H and O–H groups in total. The third-order valence-electron chi connectivity index (χ3n) is 13.2. The van der Waals surface area contributed by atoms with Gasteiger partial charge >= 0.3 is 13.8 Å². The fourth-order valence-electron chi connectivity index (χ4n) is 8.55. The molecule has 3 atom stereocenters. The zero-order valence-corrected chi connectivity index (χ0v) is 48.4. The highest BCUT2D eigenvalue weighted by Gasteiger charge is 2.30. The quantitative estimate of drug-likeness (QED) is 0.0205. The minimum Gasteiger partial charge on any atom is -0.456 e. The maximum Gasteiger partial charge on any atom is 0.472 e. The van der Waals surface area contributed by atoms with Gasteiger partial charge in [0, 0.05) is 12.8 Å². The molecule has 0 rings (SSSR count). The first-order chi connectivity index (χ1) is 34.4. The Morgan fingerprint density at radius 1 is 0.493 bits per heavy atom. The molecule has 0 bridgehead atoms. The van der Waals surface area contributed by atoms with Crippen LogP contribution in [0.2, 0.25) is 0 Å². The average Bonchev–Trinajstić information content (AvgIpc) is 3.33. The first kappa shape index (κ1) is 69.0. The number of carbonyl (C=O) groups is 2. The third-order valence-corrected chi connectivity index (χ3v) is 14.2. The van der Waals surface area contributed by atoms with Crippen molar-refractivity contribution < 1.29 is 37.3 Å². The van der Waals surface area contributed by atoms with Crippen molar-refractivity contribution in [2.75, 3.05) is 40.9 Å². The highest BCUT2D eigenvalue weighted by Crippen LogP contribution is 2.43. The van der Waals surface area contributed by atoms with E-state index in [0.717, 1.165) is 70.6 Å². The summed E-state index contributed by atoms with van der Waals surface area (Å²) < 4.78 is 30.6. The predicted molar refractivity (Wildman–Crippen MR) is 305 cm³/mol. The fraction of sp³-hybridized carbons (Fsp3) is 0.836. The molecule has 0 heterocycles. The van der Waals surface area contributed by atoms with Gasteiger partial charge in [0.25, 0.3) is 0 Å². The number of phosphoric ester groups is 1. The summed E-state index contributed by atoms with van der Waals surface area (Å²) in [6, 6.07) is -0.855. The Hall–Kier alpha value is -2.03. The van der Waals surface area contributed by atoms with E-state index in [0.29, 0.717) is 23.9 Å². The number of hydrogen-bond acceptors (Lipinski definition) is 6. The molecule has 416 valence electrons. The van der Waals surface area contributed by atoms with Crippen molar-refractivity contribution in [3.05, 3.63) is 48.6 Å². The molecule has 0 spiro atoms. The largest absolute Gasteiger partial charge is 0.472 e. The number of likely N-dealkylation sites (N-methyl/N-ethyl adjacent to an activating group) is 1. The Kier molecular flexibility index (Phi) is 50.0. The number of nitrogens with zero attached hydrogens (tertiary/aromatic N) is 1. The van der Waals surface area contributed by atoms with Crippen molar-refractivity contribution >= 4 is 19.7 Å². The molecule has 0 fully saturated rings. The minimum atomic E-state index is -4.45. The van der Waals surface area contributed by atoms with Crippen molar-refractivity contribution in [1.29, 1.82) is 0 Å². The number of esters is 1. The van der Waals surface area contributed by atoms with E-state index >= 15 is 0 Å². The van der Waals surface area contributed by atoms with Crippen molar-refractivity contribution in [1.82, 2.24) is 5.32 Å². The lowest BCUT2D eigenvalue weighted by Gasteiger charge is -2.27. The van der Waals surface area contributed by atoms with Crippen LogP contribution in [0.4, 0.5) is 0 Å². The number of amides is 1. The lowest BCUT2D eigenvalue weighted by molar-refractivity contribution is -0.870. The van der Waals surface area contributed by atoms with Crippen molar-refractivity contribution in [2.45, 2.75) is 290 Å². The van der Waals surface area contributed by atoms with Gasteiger partial charge in [-0.1, -0.05) is 224 Å². The molecule has 0 aliphatic rings. The Labute approximate surface area is 439 Å². The number of carbonyl (C=O) groups excluding carboxylic acids is 2. The Morgan fingerprint density at radius 2 is 0.859 bits per heavy atom. The van der Waals surface area contributed by atoms with Crippen molar-refractivity contribution in [2.24, 2.45) is 0 Å². The number of unbranched alkanes of at least 4 members (excludes halogenated alkanes) is 32. The highest BCUT2D eigenvalue weighted by molar-refractivity contribution is 7.47. The summed E-state index contributed by atoms with van der Waals surface area (Å²) >= 11 is 0. The predicted octanol–water partition coefficient (Wildman–Crippen LogP) is 18.1. The lowest BCUT2D eigenvalue weighted by Crippen LogP contribution is -2.47. The lowest BCUT2D eigenvalue weighted by atomic mass is 10.0. The molecule has 0 saturated heterocycles. The second-order valence-corrected chi connectivity index (χ2v) is 23.0. The normalized spacial score (nSPS) is 14.1. The van der Waals surface area contributed by atoms with Gasteiger partial charge in [-0.25, -0.2) is 4.57 Å². The smallest absolute Gasteiger partial charge is 0.456 e. The number of nitrogens with one attached hydrogen (secondary N) is 1. The minimum absolute atomic E-state index is 0.0374. The van der Waals surface area contributed by atoms with Gasteiger partial charge in [-0.05, 0) is 89.5 Å². The molecule has 9 nitrogen and oxygen atoms in total. The SMILES string of the molecule is CCCCC/C=C\C/C=C\CCCCCCCCCCCC(=O)NC(COP(=O)(O)OCC[N+](C)(C)C)C(/C=C\CCCCCCCCCCCCC)OC(=O)CCCCC/C=C\CCCCCCCC. The molecule has 0 aromatic heterocycles. The maximum atomic E-state index is 13.5. The van der Waals surface area contributed by atoms with Crippen LogP contribution in [-0.2, 0) is 27.9 Å². The molecular formula is C61H116N2O7P+. The van der Waals surface area contributed by atoms with Crippen LogP contribution in [0.5, 0.6) is 0 Å². The van der Waals surface area contributed by atoms with Crippen LogP contribution in [0.1, 0.15) is 278 Å². The molecule has 71 heavy (non-hydrogen) atoms. The van der Waals surface area contributed by atoms with E-state index in [-0.39, 0.29) is 31.5 Å². The molecule has 0 saturated carbocycles. The number of quaternary nitrogens is 1. The molecule has 3 unspecified atom stereocenters. The van der Waals surface area contributed by atoms with Gasteiger partial charge in [0.1, 0.15) is 19.3 Å². The van der Waals surface area contributed by atoms with E-state index in [1.807, 2.05) is 33.3 Å². The summed E-state index contributed by atoms with van der Waals surface area (Å²) in [5.74, 6) is -0.523. The zero-order valence-electron chi connectivity index (χ0n) is 47.5. The first-order valence-corrected chi connectivity index (χ1v) is 31.5. The number of rotatable bonds is 54. The zero-order chi connectivity index (χ0) is 52.2. The maximum absolute atomic E-state index is 13.5. The van der Waals surface area contributed by atoms with Gasteiger partial charge in [-0.3, -0.25) is 18.6 Å². The van der Waals surface area contributed by atoms with Gasteiger partial charge in [0.05, 0.1) is 33.8 Å². The molecule has 0 aromatic rings. The summed E-state index contributed by atoms with van der Waals surface area (Å²) in [6.07, 6.45) is 62.4. The molecule has 0 radical (unpaired) electrons. The number of hydrogen-bond donors (Lipinski definition) is 2. The Morgan fingerprint density at radius 3 is 1.32 bits per heavy atom. The van der Waals surface area contributed by atoms with Crippen LogP contribution >= 0.6 is 7.82 Å². The summed E-state index contributed by atoms with van der Waals surface area (Å²) in [5, 5.41) is 3.05. The summed E-state index contributed by atoms with van der Waals surface area (Å²) in [4.78, 5) is 37.6. The van der Waals surface area contributed by atoms with Crippen LogP contribution in [0.3, 0.4) is 0 Å². The summed E-state index contributed by atoms with van der Waals surface area (Å²) in [6.45, 7) is 6.98. The molecule has 0 aliphatic carbocycles. The Balaban J connectivity index is 5.31. The highest BCUT2D eigenvalue weighted by atomic mass is 31.2. The van der Waals surface area contributed by atoms with Crippen LogP contribution in [0, 0.1) is 0 Å². The molecule has 0 aromatic carbocycles. The molecule has 0 aliphatic heterocycles. The Bertz CT molecular complexity index is 1360. The monoisotopic (exact) mass is 1020 g/mol. The first-order valence-electron chi connectivity index (χ1n) is 30.0. The number of phosphoric acid groups is 1. The van der Waals surface area contributed by atoms with E-state index in [1.165, 1.54) is 167 Å². The average molecular weight is 1020 g/mol. The van der Waals surface area contributed by atoms with Crippen LogP contribution in [0.15, 0.2) is 48.6 Å². The van der Waals surface area contributed by atoms with Gasteiger partial charge < -0.3 is 19.4 Å². The molecule has 1 amide bonds. The van der Waals surface area contributed by atoms with Gasteiger partial charge in [-0.2, -0.15) is 0 Å². The van der Waals surface area contributed by atoms with Crippen molar-refractivity contribution in [3.63, 3.8) is 0 Å². The van der Waals surface area contributed by atoms with Crippen LogP contribution in [0.25, 0.3) is 0 Å². The van der Waals surface area contributed by atoms with Gasteiger partial charge in [0.15, 0.2) is 0 Å². The topological polar surface area (TPSA) is 111 Å². The van der Waals surface area contributed by atoms with Crippen LogP contribution in [-0.4, -0.2) is 74.3 Å². The summed E-state index contributed by atoms with van der Waals surface area (Å²) in [5.41, 5.74) is 0. The second-order valence-electron chi connectivity index (χ2n) is 21.5. The van der Waals surface area contributed by atoms with Crippen LogP contribution < -0.4 is 5.32 Å². The van der Waals surface area contributed by atoms with E-state index in [9.17, 15) is 19.0 Å². The van der Waals surface area contributed by atoms with Crippen molar-refractivity contribution in [3.8, 4) is 0 Å². The van der Waals surface area contributed by atoms with E-state index in [4.69, 9.17) is 13.8 Å². The van der Waals surface area contributed by atoms with E-state index < -0.39 is 20.0 Å². The fourth-order valence-corrected chi connectivity index (χ4v) is 9.29. The molecule has 10 heteroatoms. The molecular weight excluding hydrogens is 904 g/mol. The number of ether oxygens (including phenoxy) is 1. The second kappa shape index (κ2) is 51.5. The van der Waals surface area contributed by atoms with E-state index in [1.54, 1.807) is 0 Å². The van der Waals surface area contributed by atoms with E-state index in [2.05, 4.69) is 62.5 Å². The number of allylic oxidation sites excluding steroid dienone is 7. The standard InChI is InChI=1S/C61H115N2O7P/c1-7-10-13-16-19-22-25-28-29-30-31-32-33-36-38-41-44-47-50-53-60(64)62-58(57-69-71(66,67)68-56-55-63(4,5)6)59(52-49-46-43-40-37-34-26-23-20-17-14-11-8-2)70-61(65)54-51-48-45-42-39-35-27-24-21-18-15-12-9-3/h19,22,28-29,35,39,49,52,58-59H,7-18,20-21,23-27,30-34,36-38,40-48,50-51,53-57H2,1-6H3,(H-,62,64,66,67)/p+1/b22-19-,29-28-,39-35-,52-49-.